The lowest BCUT2D eigenvalue weighted by atomic mass is 10.0. The second-order valence-corrected chi connectivity index (χ2v) is 6.32. The molecule has 2 aromatic heterocycles. The zero-order chi connectivity index (χ0) is 17.4. The molecule has 1 saturated heterocycles. The van der Waals surface area contributed by atoms with Gasteiger partial charge in [0.15, 0.2) is 0 Å². The quantitative estimate of drug-likeness (QED) is 0.641. The van der Waals surface area contributed by atoms with E-state index in [0.29, 0.717) is 10.9 Å². The Labute approximate surface area is 146 Å². The minimum atomic E-state index is -0.00969. The van der Waals surface area contributed by atoms with Crippen LogP contribution in [0, 0.1) is 11.8 Å². The van der Waals surface area contributed by atoms with E-state index in [4.69, 9.17) is 4.98 Å². The summed E-state index contributed by atoms with van der Waals surface area (Å²) in [6.07, 6.45) is 2.75. The zero-order valence-electron chi connectivity index (χ0n) is 14.2. The van der Waals surface area contributed by atoms with Crippen molar-refractivity contribution in [2.24, 2.45) is 7.05 Å². The van der Waals surface area contributed by atoms with Crippen LogP contribution in [0.1, 0.15) is 29.5 Å². The molecule has 3 aromatic rings. The summed E-state index contributed by atoms with van der Waals surface area (Å²) in [5, 5.41) is 0.622. The highest BCUT2D eigenvalue weighted by Gasteiger charge is 2.29. The highest BCUT2D eigenvalue weighted by atomic mass is 16.1. The Balaban J connectivity index is 1.79. The number of nitrogens with zero attached hydrogens (tertiary/aromatic N) is 4. The van der Waals surface area contributed by atoms with Crippen LogP contribution in [0.3, 0.4) is 0 Å². The van der Waals surface area contributed by atoms with Gasteiger partial charge in [-0.25, -0.2) is 9.97 Å². The van der Waals surface area contributed by atoms with Gasteiger partial charge in [-0.15, -0.1) is 0 Å². The average molecular weight is 330 g/mol. The van der Waals surface area contributed by atoms with Crippen LogP contribution in [-0.4, -0.2) is 33.0 Å². The van der Waals surface area contributed by atoms with Crippen molar-refractivity contribution in [2.45, 2.75) is 12.5 Å². The van der Waals surface area contributed by atoms with Crippen molar-refractivity contribution < 1.29 is 0 Å². The number of pyridine rings is 1. The van der Waals surface area contributed by atoms with Crippen molar-refractivity contribution in [1.82, 2.24) is 19.4 Å². The van der Waals surface area contributed by atoms with Gasteiger partial charge in [0, 0.05) is 25.4 Å². The van der Waals surface area contributed by atoms with Crippen LogP contribution in [-0.2, 0) is 7.05 Å². The summed E-state index contributed by atoms with van der Waals surface area (Å²) in [5.41, 5.74) is 2.24. The fraction of sp³-hybridized carbons (Fsp3) is 0.250. The molecule has 5 nitrogen and oxygen atoms in total. The summed E-state index contributed by atoms with van der Waals surface area (Å²) in [6, 6.07) is 11.4. The first-order valence-corrected chi connectivity index (χ1v) is 8.27. The molecule has 0 N–H and O–H groups in total. The van der Waals surface area contributed by atoms with Crippen molar-refractivity contribution in [2.75, 3.05) is 13.6 Å². The molecule has 1 aliphatic rings. The van der Waals surface area contributed by atoms with E-state index >= 15 is 0 Å². The summed E-state index contributed by atoms with van der Waals surface area (Å²) in [5.74, 6) is 6.96. The fourth-order valence-electron chi connectivity index (χ4n) is 3.08. The number of rotatable bonds is 1. The molecule has 1 aromatic carbocycles. The van der Waals surface area contributed by atoms with Crippen LogP contribution >= 0.6 is 0 Å². The first-order chi connectivity index (χ1) is 12.1. The van der Waals surface area contributed by atoms with Crippen LogP contribution in [0.15, 0.2) is 47.4 Å². The molecule has 0 amide bonds. The van der Waals surface area contributed by atoms with Gasteiger partial charge < -0.3 is 0 Å². The Kier molecular flexibility index (Phi) is 3.83. The van der Waals surface area contributed by atoms with E-state index in [-0.39, 0.29) is 11.6 Å². The van der Waals surface area contributed by atoms with E-state index < -0.39 is 0 Å². The molecule has 0 spiro atoms. The minimum Gasteiger partial charge on any atom is -0.298 e. The van der Waals surface area contributed by atoms with Crippen LogP contribution in [0.5, 0.6) is 0 Å². The molecule has 1 fully saturated rings. The van der Waals surface area contributed by atoms with Gasteiger partial charge in [-0.3, -0.25) is 14.3 Å². The van der Waals surface area contributed by atoms with Crippen LogP contribution in [0.2, 0.25) is 0 Å². The Morgan fingerprint density at radius 2 is 2.04 bits per heavy atom. The van der Waals surface area contributed by atoms with Gasteiger partial charge in [-0.05, 0) is 49.7 Å². The normalized spacial score (nSPS) is 17.0. The zero-order valence-corrected chi connectivity index (χ0v) is 14.2. The van der Waals surface area contributed by atoms with Crippen molar-refractivity contribution in [3.8, 4) is 11.8 Å². The third-order valence-electron chi connectivity index (χ3n) is 4.70. The summed E-state index contributed by atoms with van der Waals surface area (Å²) >= 11 is 0. The smallest absolute Gasteiger partial charge is 0.261 e. The maximum absolute atomic E-state index is 12.6. The van der Waals surface area contributed by atoms with Crippen LogP contribution < -0.4 is 5.56 Å². The average Bonchev–Trinajstić information content (AvgIpc) is 2.63. The molecular formula is C20H18N4O. The Morgan fingerprint density at radius 3 is 2.72 bits per heavy atom. The third-order valence-corrected chi connectivity index (χ3v) is 4.70. The van der Waals surface area contributed by atoms with Crippen molar-refractivity contribution in [1.29, 1.82) is 0 Å². The second kappa shape index (κ2) is 6.15. The van der Waals surface area contributed by atoms with E-state index in [1.54, 1.807) is 23.9 Å². The molecule has 5 heteroatoms. The molecule has 1 unspecified atom stereocenters. The molecule has 0 radical (unpaired) electrons. The monoisotopic (exact) mass is 330 g/mol. The summed E-state index contributed by atoms with van der Waals surface area (Å²) in [7, 11) is 3.85. The van der Waals surface area contributed by atoms with Gasteiger partial charge >= 0.3 is 0 Å². The van der Waals surface area contributed by atoms with E-state index in [2.05, 4.69) is 28.8 Å². The number of likely N-dealkylation sites (tertiary alicyclic amines) is 1. The van der Waals surface area contributed by atoms with E-state index in [1.807, 2.05) is 30.3 Å². The lowest BCUT2D eigenvalue weighted by molar-refractivity contribution is 0.116. The Hall–Kier alpha value is -2.97. The molecule has 1 atom stereocenters. The number of hydrogen-bond donors (Lipinski definition) is 0. The second-order valence-electron chi connectivity index (χ2n) is 6.32. The van der Waals surface area contributed by atoms with Gasteiger partial charge in [0.1, 0.15) is 11.5 Å². The van der Waals surface area contributed by atoms with Gasteiger partial charge in [0.05, 0.1) is 16.9 Å². The highest BCUT2D eigenvalue weighted by molar-refractivity contribution is 5.79. The van der Waals surface area contributed by atoms with E-state index in [0.717, 1.165) is 30.0 Å². The molecule has 1 aliphatic heterocycles. The molecule has 25 heavy (non-hydrogen) atoms. The van der Waals surface area contributed by atoms with Gasteiger partial charge in [-0.1, -0.05) is 12.0 Å². The van der Waals surface area contributed by atoms with Gasteiger partial charge in [0.2, 0.25) is 0 Å². The topological polar surface area (TPSA) is 51.0 Å². The summed E-state index contributed by atoms with van der Waals surface area (Å²) < 4.78 is 1.67. The first kappa shape index (κ1) is 15.6. The molecule has 0 bridgehead atoms. The van der Waals surface area contributed by atoms with Gasteiger partial charge in [0.25, 0.3) is 5.56 Å². The van der Waals surface area contributed by atoms with E-state index in [1.165, 1.54) is 0 Å². The Morgan fingerprint density at radius 1 is 1.16 bits per heavy atom. The molecule has 0 saturated carbocycles. The maximum Gasteiger partial charge on any atom is 0.261 e. The predicted molar refractivity (Wildman–Crippen MR) is 97.2 cm³/mol. The van der Waals surface area contributed by atoms with Gasteiger partial charge in [-0.2, -0.15) is 0 Å². The number of hydrogen-bond acceptors (Lipinski definition) is 4. The van der Waals surface area contributed by atoms with Crippen LogP contribution in [0.4, 0.5) is 0 Å². The molecule has 124 valence electrons. The van der Waals surface area contributed by atoms with Crippen molar-refractivity contribution in [3.63, 3.8) is 0 Å². The van der Waals surface area contributed by atoms with Crippen LogP contribution in [0.25, 0.3) is 10.9 Å². The molecule has 4 rings (SSSR count). The predicted octanol–water partition coefficient (Wildman–Crippen LogP) is 2.10. The van der Waals surface area contributed by atoms with Crippen molar-refractivity contribution in [3.05, 3.63) is 70.0 Å². The number of benzene rings is 1. The molecular weight excluding hydrogens is 312 g/mol. The lowest BCUT2D eigenvalue weighted by Gasteiger charge is -2.37. The standard InChI is InChI=1S/C20H18N4O/c1-23-12-10-18(23)19-22-17-13-14(6-8-15-5-3-4-11-21-15)7-9-16(17)20(25)24(19)2/h3-5,7,9,11,13,18H,10,12H2,1-2H3. The number of fused-ring (bicyclic) bond motifs is 1. The summed E-state index contributed by atoms with van der Waals surface area (Å²) in [4.78, 5) is 23.8. The number of aromatic nitrogens is 3. The SMILES string of the molecule is CN1CCC1c1nc2cc(C#Cc3ccccn3)ccc2c(=O)n1C. The fourth-order valence-corrected chi connectivity index (χ4v) is 3.08. The Bertz CT molecular complexity index is 1060. The summed E-state index contributed by atoms with van der Waals surface area (Å²) in [6.45, 7) is 1.04. The third kappa shape index (κ3) is 2.81. The van der Waals surface area contributed by atoms with E-state index in [9.17, 15) is 4.79 Å². The lowest BCUT2D eigenvalue weighted by Crippen LogP contribution is -2.41. The highest BCUT2D eigenvalue weighted by Crippen LogP contribution is 2.29. The minimum absolute atomic E-state index is 0.00969. The first-order valence-electron chi connectivity index (χ1n) is 8.27. The molecule has 3 heterocycles. The largest absolute Gasteiger partial charge is 0.298 e. The maximum atomic E-state index is 12.6. The molecule has 0 aliphatic carbocycles. The van der Waals surface area contributed by atoms with Crippen molar-refractivity contribution >= 4 is 10.9 Å².